The maximum absolute atomic E-state index is 12.5. The molecule has 0 saturated heterocycles. The fraction of sp³-hybridized carbons (Fsp3) is 0.500. The summed E-state index contributed by atoms with van der Waals surface area (Å²) >= 11 is 0. The van der Waals surface area contributed by atoms with Crippen LogP contribution in [0.3, 0.4) is 0 Å². The van der Waals surface area contributed by atoms with Gasteiger partial charge in [0.2, 0.25) is 0 Å². The normalized spacial score (nSPS) is 11.5. The van der Waals surface area contributed by atoms with Crippen molar-refractivity contribution in [2.24, 2.45) is 0 Å². The number of anilines is 1. The van der Waals surface area contributed by atoms with Crippen LogP contribution in [-0.2, 0) is 10.9 Å². The number of benzene rings is 1. The van der Waals surface area contributed by atoms with Crippen molar-refractivity contribution in [3.05, 3.63) is 29.8 Å². The summed E-state index contributed by atoms with van der Waals surface area (Å²) in [4.78, 5) is 11.4. The van der Waals surface area contributed by atoms with E-state index in [2.05, 4.69) is 10.6 Å². The Morgan fingerprint density at radius 3 is 2.67 bits per heavy atom. The van der Waals surface area contributed by atoms with E-state index in [0.717, 1.165) is 12.1 Å². The highest BCUT2D eigenvalue weighted by atomic mass is 19.4. The van der Waals surface area contributed by atoms with Crippen molar-refractivity contribution < 1.29 is 22.7 Å². The lowest BCUT2D eigenvalue weighted by Gasteiger charge is -2.11. The summed E-state index contributed by atoms with van der Waals surface area (Å²) in [5.41, 5.74) is -0.767. The molecule has 0 bridgehead atoms. The highest BCUT2D eigenvalue weighted by Crippen LogP contribution is 2.30. The van der Waals surface area contributed by atoms with Crippen LogP contribution in [0.25, 0.3) is 0 Å². The van der Waals surface area contributed by atoms with Crippen molar-refractivity contribution in [1.29, 1.82) is 0 Å². The maximum atomic E-state index is 12.5. The van der Waals surface area contributed by atoms with E-state index < -0.39 is 17.8 Å². The van der Waals surface area contributed by atoms with Gasteiger partial charge in [0.05, 0.1) is 12.2 Å². The number of nitrogens with one attached hydrogen (secondary N) is 2. The van der Waals surface area contributed by atoms with Gasteiger partial charge >= 0.3 is 12.3 Å². The molecule has 2 N–H and O–H groups in total. The van der Waals surface area contributed by atoms with Crippen molar-refractivity contribution in [1.82, 2.24) is 5.32 Å². The van der Waals surface area contributed by atoms with Crippen LogP contribution in [0.1, 0.15) is 25.8 Å². The number of hydrogen-bond acceptors (Lipinski definition) is 3. The monoisotopic (exact) mass is 304 g/mol. The maximum Gasteiger partial charge on any atom is 0.416 e. The van der Waals surface area contributed by atoms with Crippen LogP contribution in [0.5, 0.6) is 0 Å². The number of alkyl halides is 3. The number of hydrogen-bond donors (Lipinski definition) is 2. The van der Waals surface area contributed by atoms with E-state index in [1.54, 1.807) is 0 Å². The molecule has 0 saturated carbocycles. The van der Waals surface area contributed by atoms with Gasteiger partial charge in [-0.3, -0.25) is 5.32 Å². The van der Waals surface area contributed by atoms with Crippen molar-refractivity contribution in [2.45, 2.75) is 32.5 Å². The number of amides is 1. The molecule has 1 aromatic rings. The SMILES string of the molecule is CC(C)NCCCOC(=O)Nc1cccc(C(F)(F)F)c1. The average molecular weight is 304 g/mol. The molecule has 0 aliphatic rings. The molecule has 0 aliphatic heterocycles. The quantitative estimate of drug-likeness (QED) is 0.789. The molecule has 0 spiro atoms. The molecule has 21 heavy (non-hydrogen) atoms. The third kappa shape index (κ3) is 6.99. The summed E-state index contributed by atoms with van der Waals surface area (Å²) in [6.07, 6.45) is -4.57. The lowest BCUT2D eigenvalue weighted by atomic mass is 10.2. The van der Waals surface area contributed by atoms with Gasteiger partial charge in [0, 0.05) is 11.7 Å². The summed E-state index contributed by atoms with van der Waals surface area (Å²) < 4.78 is 42.4. The van der Waals surface area contributed by atoms with E-state index >= 15 is 0 Å². The standard InChI is InChI=1S/C14H19F3N2O2/c1-10(2)18-7-4-8-21-13(20)19-12-6-3-5-11(9-12)14(15,16)17/h3,5-6,9-10,18H,4,7-8H2,1-2H3,(H,19,20). The lowest BCUT2D eigenvalue weighted by Crippen LogP contribution is -2.25. The van der Waals surface area contributed by atoms with Crippen molar-refractivity contribution in [3.8, 4) is 0 Å². The van der Waals surface area contributed by atoms with E-state index in [9.17, 15) is 18.0 Å². The fourth-order valence-electron chi connectivity index (χ4n) is 1.55. The first-order chi connectivity index (χ1) is 9.79. The molecule has 0 aromatic heterocycles. The molecule has 0 atom stereocenters. The first-order valence-electron chi connectivity index (χ1n) is 6.63. The van der Waals surface area contributed by atoms with Gasteiger partial charge in [-0.2, -0.15) is 13.2 Å². The zero-order valence-electron chi connectivity index (χ0n) is 12.0. The molecule has 7 heteroatoms. The van der Waals surface area contributed by atoms with Gasteiger partial charge in [0.15, 0.2) is 0 Å². The number of carbonyl (C=O) groups excluding carboxylic acids is 1. The molecule has 1 rings (SSSR count). The Kier molecular flexibility index (Phi) is 6.48. The molecule has 1 aromatic carbocycles. The number of rotatable bonds is 6. The topological polar surface area (TPSA) is 50.4 Å². The van der Waals surface area contributed by atoms with Crippen LogP contribution in [0.15, 0.2) is 24.3 Å². The largest absolute Gasteiger partial charge is 0.449 e. The van der Waals surface area contributed by atoms with Crippen molar-refractivity contribution >= 4 is 11.8 Å². The summed E-state index contributed by atoms with van der Waals surface area (Å²) in [5.74, 6) is 0. The predicted octanol–water partition coefficient (Wildman–Crippen LogP) is 3.64. The van der Waals surface area contributed by atoms with Gasteiger partial charge < -0.3 is 10.1 Å². The molecule has 0 unspecified atom stereocenters. The van der Waals surface area contributed by atoms with Crippen LogP contribution < -0.4 is 10.6 Å². The van der Waals surface area contributed by atoms with E-state index in [4.69, 9.17) is 4.74 Å². The zero-order valence-corrected chi connectivity index (χ0v) is 12.0. The third-order valence-electron chi connectivity index (χ3n) is 2.54. The van der Waals surface area contributed by atoms with Crippen LogP contribution in [0.2, 0.25) is 0 Å². The number of carbonyl (C=O) groups is 1. The lowest BCUT2D eigenvalue weighted by molar-refractivity contribution is -0.137. The minimum atomic E-state index is -4.44. The first kappa shape index (κ1) is 17.3. The zero-order chi connectivity index (χ0) is 15.9. The highest BCUT2D eigenvalue weighted by Gasteiger charge is 2.30. The molecular formula is C14H19F3N2O2. The summed E-state index contributed by atoms with van der Waals surface area (Å²) in [6, 6.07) is 4.75. The number of ether oxygens (including phenoxy) is 1. The van der Waals surface area contributed by atoms with Crippen LogP contribution in [0, 0.1) is 0 Å². The van der Waals surface area contributed by atoms with E-state index in [0.29, 0.717) is 19.0 Å². The average Bonchev–Trinajstić information content (AvgIpc) is 2.37. The molecule has 0 aliphatic carbocycles. The van der Waals surface area contributed by atoms with Gasteiger partial charge in [-0.25, -0.2) is 4.79 Å². The van der Waals surface area contributed by atoms with E-state index in [1.165, 1.54) is 12.1 Å². The van der Waals surface area contributed by atoms with Gasteiger partial charge in [0.1, 0.15) is 0 Å². The molecule has 0 fully saturated rings. The van der Waals surface area contributed by atoms with Gasteiger partial charge in [-0.05, 0) is 31.2 Å². The van der Waals surface area contributed by atoms with Gasteiger partial charge in [-0.1, -0.05) is 19.9 Å². The van der Waals surface area contributed by atoms with Gasteiger partial charge in [0.25, 0.3) is 0 Å². The Morgan fingerprint density at radius 2 is 2.05 bits per heavy atom. The van der Waals surface area contributed by atoms with E-state index in [1.807, 2.05) is 13.8 Å². The second-order valence-electron chi connectivity index (χ2n) is 4.80. The molecule has 0 heterocycles. The summed E-state index contributed by atoms with van der Waals surface area (Å²) in [6.45, 7) is 4.90. The van der Waals surface area contributed by atoms with Crippen LogP contribution in [-0.4, -0.2) is 25.3 Å². The van der Waals surface area contributed by atoms with Crippen molar-refractivity contribution in [3.63, 3.8) is 0 Å². The summed E-state index contributed by atoms with van der Waals surface area (Å²) in [5, 5.41) is 5.43. The Labute approximate surface area is 121 Å². The Hall–Kier alpha value is -1.76. The molecule has 0 radical (unpaired) electrons. The Bertz CT molecular complexity index is 462. The predicted molar refractivity (Wildman–Crippen MR) is 74.2 cm³/mol. The van der Waals surface area contributed by atoms with Crippen molar-refractivity contribution in [2.75, 3.05) is 18.5 Å². The second-order valence-corrected chi connectivity index (χ2v) is 4.80. The first-order valence-corrected chi connectivity index (χ1v) is 6.63. The van der Waals surface area contributed by atoms with Crippen LogP contribution in [0.4, 0.5) is 23.7 Å². The molecule has 118 valence electrons. The Morgan fingerprint density at radius 1 is 1.33 bits per heavy atom. The molecule has 1 amide bonds. The minimum Gasteiger partial charge on any atom is -0.449 e. The highest BCUT2D eigenvalue weighted by molar-refractivity contribution is 5.84. The fourth-order valence-corrected chi connectivity index (χ4v) is 1.55. The second kappa shape index (κ2) is 7.87. The molecule has 4 nitrogen and oxygen atoms in total. The van der Waals surface area contributed by atoms with Crippen LogP contribution >= 0.6 is 0 Å². The third-order valence-corrected chi connectivity index (χ3v) is 2.54. The minimum absolute atomic E-state index is 0.0510. The van der Waals surface area contributed by atoms with Gasteiger partial charge in [-0.15, -0.1) is 0 Å². The Balaban J connectivity index is 2.38. The smallest absolute Gasteiger partial charge is 0.416 e. The number of halogens is 3. The molecular weight excluding hydrogens is 285 g/mol. The van der Waals surface area contributed by atoms with E-state index in [-0.39, 0.29) is 12.3 Å². The summed E-state index contributed by atoms with van der Waals surface area (Å²) in [7, 11) is 0.